The minimum atomic E-state index is 0. The third-order valence-corrected chi connectivity index (χ3v) is 4.40. The summed E-state index contributed by atoms with van der Waals surface area (Å²) >= 11 is 12.2. The summed E-state index contributed by atoms with van der Waals surface area (Å²) in [6.45, 7) is 8.66. The average molecular weight is 375 g/mol. The van der Waals surface area contributed by atoms with Gasteiger partial charge in [0, 0.05) is 37.8 Å². The van der Waals surface area contributed by atoms with E-state index < -0.39 is 0 Å². The summed E-state index contributed by atoms with van der Waals surface area (Å²) < 4.78 is 0. The largest absolute Gasteiger partial charge is 0.314 e. The molecule has 21 heavy (non-hydrogen) atoms. The molecule has 1 aliphatic heterocycles. The zero-order chi connectivity index (χ0) is 13.8. The minimum absolute atomic E-state index is 0. The van der Waals surface area contributed by atoms with Gasteiger partial charge in [0.15, 0.2) is 0 Å². The Labute approximate surface area is 149 Å². The summed E-state index contributed by atoms with van der Waals surface area (Å²) in [6, 6.07) is 4.18. The van der Waals surface area contributed by atoms with Gasteiger partial charge in [0.1, 0.15) is 10.3 Å². The topological polar surface area (TPSA) is 28.2 Å². The summed E-state index contributed by atoms with van der Waals surface area (Å²) in [5, 5.41) is 4.38. The number of nitrogens with one attached hydrogen (secondary N) is 1. The maximum atomic E-state index is 6.31. The predicted molar refractivity (Wildman–Crippen MR) is 95.4 cm³/mol. The fraction of sp³-hybridized carbons (Fsp3) is 0.643. The molecule has 0 radical (unpaired) electrons. The van der Waals surface area contributed by atoms with Gasteiger partial charge in [0.25, 0.3) is 0 Å². The van der Waals surface area contributed by atoms with E-state index in [0.29, 0.717) is 22.3 Å². The van der Waals surface area contributed by atoms with E-state index in [9.17, 15) is 0 Å². The van der Waals surface area contributed by atoms with Crippen LogP contribution in [0.25, 0.3) is 0 Å². The lowest BCUT2D eigenvalue weighted by Gasteiger charge is -2.38. The number of halogens is 4. The monoisotopic (exact) mass is 373 g/mol. The molecule has 0 saturated carbocycles. The van der Waals surface area contributed by atoms with Gasteiger partial charge in [-0.1, -0.05) is 49.5 Å². The maximum Gasteiger partial charge on any atom is 0.135 e. The fourth-order valence-corrected chi connectivity index (χ4v) is 3.15. The molecule has 0 aliphatic carbocycles. The van der Waals surface area contributed by atoms with E-state index in [2.05, 4.69) is 29.0 Å². The average Bonchev–Trinajstić information content (AvgIpc) is 2.42. The molecule has 1 aliphatic rings. The molecule has 1 aromatic heterocycles. The molecule has 1 unspecified atom stereocenters. The maximum absolute atomic E-state index is 6.31. The lowest BCUT2D eigenvalue weighted by Crippen LogP contribution is -2.46. The van der Waals surface area contributed by atoms with Crippen LogP contribution in [0.5, 0.6) is 0 Å². The van der Waals surface area contributed by atoms with Crippen molar-refractivity contribution in [3.05, 3.63) is 28.0 Å². The third kappa shape index (κ3) is 5.42. The smallest absolute Gasteiger partial charge is 0.135 e. The van der Waals surface area contributed by atoms with Gasteiger partial charge in [-0.25, -0.2) is 4.98 Å². The SMILES string of the molecule is CCC(C)[C@H](c1ccc(Cl)nc1Cl)N1CCNCC1.Cl.Cl. The molecule has 2 heterocycles. The van der Waals surface area contributed by atoms with Crippen molar-refractivity contribution in [1.29, 1.82) is 0 Å². The summed E-state index contributed by atoms with van der Waals surface area (Å²) in [5.41, 5.74) is 1.10. The second-order valence-corrected chi connectivity index (χ2v) is 5.88. The first kappa shape index (κ1) is 21.2. The van der Waals surface area contributed by atoms with Crippen LogP contribution >= 0.6 is 48.0 Å². The van der Waals surface area contributed by atoms with Crippen molar-refractivity contribution in [2.75, 3.05) is 26.2 Å². The van der Waals surface area contributed by atoms with Crippen molar-refractivity contribution in [2.24, 2.45) is 5.92 Å². The van der Waals surface area contributed by atoms with Crippen LogP contribution < -0.4 is 5.32 Å². The Kier molecular flexibility index (Phi) is 10.2. The van der Waals surface area contributed by atoms with Gasteiger partial charge in [-0.3, -0.25) is 4.90 Å². The predicted octanol–water partition coefficient (Wildman–Crippen LogP) is 4.22. The van der Waals surface area contributed by atoms with Crippen LogP contribution in [0.1, 0.15) is 31.9 Å². The second-order valence-electron chi connectivity index (χ2n) is 5.13. The van der Waals surface area contributed by atoms with Crippen molar-refractivity contribution in [1.82, 2.24) is 15.2 Å². The first-order chi connectivity index (χ1) is 9.13. The standard InChI is InChI=1S/C14H21Cl2N3.2ClH/c1-3-10(2)13(19-8-6-17-7-9-19)11-4-5-12(15)18-14(11)16;;/h4-5,10,13,17H,3,6-9H2,1-2H3;2*1H/t10?,13-;;/m1../s1. The van der Waals surface area contributed by atoms with Crippen LogP contribution in [0.2, 0.25) is 10.3 Å². The number of nitrogens with zero attached hydrogens (tertiary/aromatic N) is 2. The van der Waals surface area contributed by atoms with Crippen LogP contribution in [0.3, 0.4) is 0 Å². The number of rotatable bonds is 4. The Balaban J connectivity index is 0.00000200. The molecular weight excluding hydrogens is 352 g/mol. The van der Waals surface area contributed by atoms with Gasteiger partial charge in [-0.15, -0.1) is 24.8 Å². The molecule has 2 atom stereocenters. The zero-order valence-electron chi connectivity index (χ0n) is 12.3. The van der Waals surface area contributed by atoms with Crippen molar-refractivity contribution >= 4 is 48.0 Å². The first-order valence-corrected chi connectivity index (χ1v) is 7.65. The molecule has 2 rings (SSSR count). The molecular formula is C14H23Cl4N3. The molecule has 122 valence electrons. The normalized spacial score (nSPS) is 18.3. The molecule has 1 fully saturated rings. The molecule has 1 N–H and O–H groups in total. The number of piperazine rings is 1. The van der Waals surface area contributed by atoms with Gasteiger partial charge in [0.2, 0.25) is 0 Å². The highest BCUT2D eigenvalue weighted by Gasteiger charge is 2.28. The quantitative estimate of drug-likeness (QED) is 0.799. The van der Waals surface area contributed by atoms with Crippen LogP contribution in [-0.4, -0.2) is 36.1 Å². The fourth-order valence-electron chi connectivity index (χ4n) is 2.69. The zero-order valence-corrected chi connectivity index (χ0v) is 15.5. The van der Waals surface area contributed by atoms with E-state index in [4.69, 9.17) is 23.2 Å². The van der Waals surface area contributed by atoms with Crippen LogP contribution in [-0.2, 0) is 0 Å². The number of aromatic nitrogens is 1. The molecule has 3 nitrogen and oxygen atoms in total. The van der Waals surface area contributed by atoms with E-state index in [1.807, 2.05) is 12.1 Å². The Hall–Kier alpha value is 0.230. The second kappa shape index (κ2) is 10.1. The van der Waals surface area contributed by atoms with E-state index in [-0.39, 0.29) is 24.8 Å². The van der Waals surface area contributed by atoms with Crippen molar-refractivity contribution < 1.29 is 0 Å². The Morgan fingerprint density at radius 2 is 1.86 bits per heavy atom. The number of hydrogen-bond donors (Lipinski definition) is 1. The van der Waals surface area contributed by atoms with E-state index in [1.165, 1.54) is 0 Å². The van der Waals surface area contributed by atoms with Gasteiger partial charge in [-0.05, 0) is 12.0 Å². The minimum Gasteiger partial charge on any atom is -0.314 e. The molecule has 0 amide bonds. The number of hydrogen-bond acceptors (Lipinski definition) is 3. The highest BCUT2D eigenvalue weighted by molar-refractivity contribution is 6.32. The Morgan fingerprint density at radius 1 is 1.24 bits per heavy atom. The van der Waals surface area contributed by atoms with Gasteiger partial charge < -0.3 is 5.32 Å². The molecule has 0 bridgehead atoms. The molecule has 7 heteroatoms. The van der Waals surface area contributed by atoms with Crippen LogP contribution in [0.4, 0.5) is 0 Å². The summed E-state index contributed by atoms with van der Waals surface area (Å²) in [7, 11) is 0. The Bertz CT molecular complexity index is 425. The van der Waals surface area contributed by atoms with Crippen molar-refractivity contribution in [3.8, 4) is 0 Å². The summed E-state index contributed by atoms with van der Waals surface area (Å²) in [5.74, 6) is 0.540. The molecule has 1 saturated heterocycles. The number of pyridine rings is 1. The van der Waals surface area contributed by atoms with Crippen LogP contribution in [0, 0.1) is 5.92 Å². The summed E-state index contributed by atoms with van der Waals surface area (Å²) in [6.07, 6.45) is 1.12. The van der Waals surface area contributed by atoms with Gasteiger partial charge in [-0.2, -0.15) is 0 Å². The highest BCUT2D eigenvalue weighted by atomic mass is 35.5. The summed E-state index contributed by atoms with van der Waals surface area (Å²) in [4.78, 5) is 6.70. The van der Waals surface area contributed by atoms with Crippen molar-refractivity contribution in [3.63, 3.8) is 0 Å². The van der Waals surface area contributed by atoms with E-state index >= 15 is 0 Å². The Morgan fingerprint density at radius 3 is 2.38 bits per heavy atom. The van der Waals surface area contributed by atoms with Crippen LogP contribution in [0.15, 0.2) is 12.1 Å². The highest BCUT2D eigenvalue weighted by Crippen LogP contribution is 2.34. The first-order valence-electron chi connectivity index (χ1n) is 6.90. The molecule has 1 aromatic rings. The van der Waals surface area contributed by atoms with Crippen molar-refractivity contribution in [2.45, 2.75) is 26.3 Å². The third-order valence-electron chi connectivity index (χ3n) is 3.89. The van der Waals surface area contributed by atoms with Gasteiger partial charge in [0.05, 0.1) is 0 Å². The van der Waals surface area contributed by atoms with E-state index in [1.54, 1.807) is 0 Å². The lowest BCUT2D eigenvalue weighted by atomic mass is 9.91. The van der Waals surface area contributed by atoms with E-state index in [0.717, 1.165) is 38.2 Å². The molecule has 0 aromatic carbocycles. The lowest BCUT2D eigenvalue weighted by molar-refractivity contribution is 0.128. The van der Waals surface area contributed by atoms with Gasteiger partial charge >= 0.3 is 0 Å². The molecule has 0 spiro atoms.